The van der Waals surface area contributed by atoms with Crippen molar-refractivity contribution in [2.75, 3.05) is 24.7 Å². The van der Waals surface area contributed by atoms with Gasteiger partial charge in [-0.05, 0) is 18.6 Å². The van der Waals surface area contributed by atoms with Gasteiger partial charge in [0.15, 0.2) is 0 Å². The molecule has 0 aromatic heterocycles. The number of nitrogens with zero attached hydrogens (tertiary/aromatic N) is 2. The van der Waals surface area contributed by atoms with Crippen molar-refractivity contribution in [2.45, 2.75) is 19.4 Å². The Bertz CT molecular complexity index is 660. The molecule has 0 aliphatic carbocycles. The molecule has 0 saturated carbocycles. The molecule has 3 nitrogen and oxygen atoms in total. The third-order valence-corrected chi connectivity index (χ3v) is 4.03. The van der Waals surface area contributed by atoms with Gasteiger partial charge in [0.1, 0.15) is 0 Å². The SMILES string of the molecule is CCC1COCCN1c1ccc(C#N)c2ccccc12. The summed E-state index contributed by atoms with van der Waals surface area (Å²) in [5.74, 6) is 0. The molecule has 0 spiro atoms. The fourth-order valence-corrected chi connectivity index (χ4v) is 2.94. The van der Waals surface area contributed by atoms with Crippen LogP contribution < -0.4 is 4.90 Å². The maximum atomic E-state index is 9.25. The van der Waals surface area contributed by atoms with E-state index < -0.39 is 0 Å². The van der Waals surface area contributed by atoms with Gasteiger partial charge < -0.3 is 9.64 Å². The van der Waals surface area contributed by atoms with Crippen molar-refractivity contribution in [1.82, 2.24) is 0 Å². The highest BCUT2D eigenvalue weighted by Gasteiger charge is 2.23. The summed E-state index contributed by atoms with van der Waals surface area (Å²) in [6.45, 7) is 4.66. The fraction of sp³-hybridized carbons (Fsp3) is 0.353. The summed E-state index contributed by atoms with van der Waals surface area (Å²) in [5.41, 5.74) is 1.96. The van der Waals surface area contributed by atoms with Crippen LogP contribution in [0.4, 0.5) is 5.69 Å². The zero-order chi connectivity index (χ0) is 13.9. The van der Waals surface area contributed by atoms with Crippen molar-refractivity contribution in [1.29, 1.82) is 5.26 Å². The molecule has 0 amide bonds. The van der Waals surface area contributed by atoms with Crippen LogP contribution in [-0.4, -0.2) is 25.8 Å². The maximum absolute atomic E-state index is 9.25. The Morgan fingerprint density at radius 1 is 1.25 bits per heavy atom. The van der Waals surface area contributed by atoms with E-state index >= 15 is 0 Å². The maximum Gasteiger partial charge on any atom is 0.0998 e. The standard InChI is InChI=1S/C17H18N2O/c1-2-14-12-20-10-9-19(14)17-8-7-13(11-18)15-5-3-4-6-16(15)17/h3-8,14H,2,9-10,12H2,1H3. The van der Waals surface area contributed by atoms with Crippen molar-refractivity contribution in [2.24, 2.45) is 0 Å². The average molecular weight is 266 g/mol. The first-order valence-corrected chi connectivity index (χ1v) is 7.11. The third-order valence-electron chi connectivity index (χ3n) is 4.03. The van der Waals surface area contributed by atoms with Gasteiger partial charge in [-0.2, -0.15) is 5.26 Å². The topological polar surface area (TPSA) is 36.3 Å². The minimum Gasteiger partial charge on any atom is -0.377 e. The minimum absolute atomic E-state index is 0.417. The zero-order valence-corrected chi connectivity index (χ0v) is 11.7. The molecule has 1 aliphatic heterocycles. The van der Waals surface area contributed by atoms with E-state index in [1.54, 1.807) is 0 Å². The number of anilines is 1. The number of morpholine rings is 1. The first-order chi connectivity index (χ1) is 9.85. The molecule has 20 heavy (non-hydrogen) atoms. The Kier molecular flexibility index (Phi) is 3.58. The second kappa shape index (κ2) is 5.52. The molecule has 102 valence electrons. The van der Waals surface area contributed by atoms with Crippen LogP contribution in [-0.2, 0) is 4.74 Å². The van der Waals surface area contributed by atoms with Crippen molar-refractivity contribution >= 4 is 16.5 Å². The van der Waals surface area contributed by atoms with Crippen LogP contribution in [0.15, 0.2) is 36.4 Å². The predicted molar refractivity (Wildman–Crippen MR) is 80.9 cm³/mol. The van der Waals surface area contributed by atoms with Crippen molar-refractivity contribution in [3.63, 3.8) is 0 Å². The molecule has 1 saturated heterocycles. The molecule has 3 rings (SSSR count). The predicted octanol–water partition coefficient (Wildman–Crippen LogP) is 3.33. The van der Waals surface area contributed by atoms with Gasteiger partial charge in [-0.1, -0.05) is 31.2 Å². The van der Waals surface area contributed by atoms with Gasteiger partial charge in [-0.25, -0.2) is 0 Å². The van der Waals surface area contributed by atoms with Crippen LogP contribution in [0, 0.1) is 11.3 Å². The first kappa shape index (κ1) is 13.0. The van der Waals surface area contributed by atoms with Crippen molar-refractivity contribution < 1.29 is 4.74 Å². The van der Waals surface area contributed by atoms with Crippen LogP contribution in [0.2, 0.25) is 0 Å². The number of hydrogen-bond acceptors (Lipinski definition) is 3. The van der Waals surface area contributed by atoms with E-state index in [0.29, 0.717) is 6.04 Å². The zero-order valence-electron chi connectivity index (χ0n) is 11.7. The molecule has 1 aliphatic rings. The van der Waals surface area contributed by atoms with Crippen LogP contribution in [0.1, 0.15) is 18.9 Å². The van der Waals surface area contributed by atoms with Gasteiger partial charge in [0.05, 0.1) is 30.9 Å². The van der Waals surface area contributed by atoms with Crippen molar-refractivity contribution in [3.05, 3.63) is 42.0 Å². The van der Waals surface area contributed by atoms with E-state index in [1.807, 2.05) is 24.3 Å². The second-order valence-corrected chi connectivity index (χ2v) is 5.12. The number of benzene rings is 2. The normalized spacial score (nSPS) is 19.0. The minimum atomic E-state index is 0.417. The summed E-state index contributed by atoms with van der Waals surface area (Å²) in [4.78, 5) is 2.42. The third kappa shape index (κ3) is 2.13. The molecule has 3 heteroatoms. The lowest BCUT2D eigenvalue weighted by Crippen LogP contribution is -2.45. The average Bonchev–Trinajstić information content (AvgIpc) is 2.53. The number of fused-ring (bicyclic) bond motifs is 1. The van der Waals surface area contributed by atoms with Crippen LogP contribution in [0.25, 0.3) is 10.8 Å². The van der Waals surface area contributed by atoms with E-state index in [2.05, 4.69) is 30.0 Å². The quantitative estimate of drug-likeness (QED) is 0.836. The Morgan fingerprint density at radius 2 is 2.05 bits per heavy atom. The number of hydrogen-bond donors (Lipinski definition) is 0. The summed E-state index contributed by atoms with van der Waals surface area (Å²) < 4.78 is 5.59. The van der Waals surface area contributed by atoms with E-state index in [-0.39, 0.29) is 0 Å². The van der Waals surface area contributed by atoms with Crippen LogP contribution in [0.3, 0.4) is 0 Å². The van der Waals surface area contributed by atoms with E-state index in [1.165, 1.54) is 5.69 Å². The highest BCUT2D eigenvalue weighted by molar-refractivity contribution is 5.98. The summed E-state index contributed by atoms with van der Waals surface area (Å²) in [6, 6.07) is 14.9. The molecular formula is C17H18N2O. The largest absolute Gasteiger partial charge is 0.377 e. The van der Waals surface area contributed by atoms with Gasteiger partial charge >= 0.3 is 0 Å². The van der Waals surface area contributed by atoms with Crippen molar-refractivity contribution in [3.8, 4) is 6.07 Å². The lowest BCUT2D eigenvalue weighted by atomic mass is 10.0. The Morgan fingerprint density at radius 3 is 2.80 bits per heavy atom. The molecule has 1 atom stereocenters. The molecular weight excluding hydrogens is 248 g/mol. The lowest BCUT2D eigenvalue weighted by molar-refractivity contribution is 0.0931. The molecule has 1 heterocycles. The van der Waals surface area contributed by atoms with Crippen LogP contribution in [0.5, 0.6) is 0 Å². The monoisotopic (exact) mass is 266 g/mol. The van der Waals surface area contributed by atoms with Gasteiger partial charge in [0.25, 0.3) is 0 Å². The van der Waals surface area contributed by atoms with E-state index in [0.717, 1.165) is 42.5 Å². The highest BCUT2D eigenvalue weighted by Crippen LogP contribution is 2.31. The Hall–Kier alpha value is -2.05. The summed E-state index contributed by atoms with van der Waals surface area (Å²) in [6.07, 6.45) is 1.06. The van der Waals surface area contributed by atoms with E-state index in [9.17, 15) is 5.26 Å². The number of ether oxygens (including phenoxy) is 1. The fourth-order valence-electron chi connectivity index (χ4n) is 2.94. The number of rotatable bonds is 2. The molecule has 1 fully saturated rings. The molecule has 2 aromatic rings. The molecule has 2 aromatic carbocycles. The second-order valence-electron chi connectivity index (χ2n) is 5.12. The molecule has 0 radical (unpaired) electrons. The smallest absolute Gasteiger partial charge is 0.0998 e. The summed E-state index contributed by atoms with van der Waals surface area (Å²) >= 11 is 0. The van der Waals surface area contributed by atoms with Gasteiger partial charge in [0, 0.05) is 23.0 Å². The summed E-state index contributed by atoms with van der Waals surface area (Å²) in [5, 5.41) is 11.4. The first-order valence-electron chi connectivity index (χ1n) is 7.11. The van der Waals surface area contributed by atoms with Gasteiger partial charge in [0.2, 0.25) is 0 Å². The molecule has 0 N–H and O–H groups in total. The summed E-state index contributed by atoms with van der Waals surface area (Å²) in [7, 11) is 0. The van der Waals surface area contributed by atoms with Crippen LogP contribution >= 0.6 is 0 Å². The van der Waals surface area contributed by atoms with E-state index in [4.69, 9.17) is 4.74 Å². The molecule has 1 unspecified atom stereocenters. The number of nitriles is 1. The van der Waals surface area contributed by atoms with Gasteiger partial charge in [-0.3, -0.25) is 0 Å². The lowest BCUT2D eigenvalue weighted by Gasteiger charge is -2.37. The van der Waals surface area contributed by atoms with Gasteiger partial charge in [-0.15, -0.1) is 0 Å². The molecule has 0 bridgehead atoms. The Labute approximate surface area is 119 Å². The highest BCUT2D eigenvalue weighted by atomic mass is 16.5. The Balaban J connectivity index is 2.14.